The third-order valence-electron chi connectivity index (χ3n) is 4.29. The molecule has 0 bridgehead atoms. The Bertz CT molecular complexity index is 538. The van der Waals surface area contributed by atoms with Crippen molar-refractivity contribution in [2.75, 3.05) is 22.5 Å². The van der Waals surface area contributed by atoms with Crippen molar-refractivity contribution in [3.63, 3.8) is 0 Å². The second-order valence-corrected chi connectivity index (χ2v) is 7.25. The van der Waals surface area contributed by atoms with Gasteiger partial charge in [0.1, 0.15) is 0 Å². The lowest BCUT2D eigenvalue weighted by Gasteiger charge is -2.16. The van der Waals surface area contributed by atoms with Gasteiger partial charge in [-0.3, -0.25) is 9.59 Å². The highest BCUT2D eigenvalue weighted by molar-refractivity contribution is 8.00. The number of rotatable bonds is 5. The van der Waals surface area contributed by atoms with Crippen molar-refractivity contribution in [1.29, 1.82) is 0 Å². The minimum absolute atomic E-state index is 0.0573. The molecule has 1 aromatic carbocycles. The monoisotopic (exact) mass is 318 g/mol. The Kier molecular flexibility index (Phi) is 5.03. The third-order valence-corrected chi connectivity index (χ3v) is 5.66. The van der Waals surface area contributed by atoms with E-state index in [1.807, 2.05) is 29.2 Å². The van der Waals surface area contributed by atoms with E-state index in [-0.39, 0.29) is 11.8 Å². The van der Waals surface area contributed by atoms with Gasteiger partial charge in [0, 0.05) is 29.6 Å². The van der Waals surface area contributed by atoms with E-state index in [1.54, 1.807) is 11.8 Å². The van der Waals surface area contributed by atoms with Crippen LogP contribution >= 0.6 is 11.8 Å². The smallest absolute Gasteiger partial charge is 0.234 e. The molecule has 5 heteroatoms. The van der Waals surface area contributed by atoms with Gasteiger partial charge in [-0.15, -0.1) is 11.8 Å². The highest BCUT2D eigenvalue weighted by Crippen LogP contribution is 2.29. The predicted molar refractivity (Wildman–Crippen MR) is 91.4 cm³/mol. The number of thioether (sulfide) groups is 1. The molecule has 2 fully saturated rings. The van der Waals surface area contributed by atoms with E-state index in [0.717, 1.165) is 24.3 Å². The number of carbonyl (C=O) groups excluding carboxylic acids is 2. The van der Waals surface area contributed by atoms with Crippen molar-refractivity contribution in [2.24, 2.45) is 0 Å². The second-order valence-electron chi connectivity index (χ2n) is 5.96. The lowest BCUT2D eigenvalue weighted by molar-refractivity contribution is -0.117. The van der Waals surface area contributed by atoms with Crippen molar-refractivity contribution in [3.8, 4) is 0 Å². The molecule has 3 rings (SSSR count). The highest BCUT2D eigenvalue weighted by Gasteiger charge is 2.21. The summed E-state index contributed by atoms with van der Waals surface area (Å²) in [6, 6.07) is 7.56. The molecule has 22 heavy (non-hydrogen) atoms. The standard InChI is InChI=1S/C17H22N2O2S/c20-16(12-22-15-4-1-2-5-15)18-13-7-9-14(10-8-13)19-11-3-6-17(19)21/h7-10,15H,1-6,11-12H2,(H,18,20). The Morgan fingerprint density at radius 1 is 1.18 bits per heavy atom. The van der Waals surface area contributed by atoms with Crippen LogP contribution in [-0.2, 0) is 9.59 Å². The summed E-state index contributed by atoms with van der Waals surface area (Å²) in [5.74, 6) is 0.767. The molecular weight excluding hydrogens is 296 g/mol. The Hall–Kier alpha value is -1.49. The number of hydrogen-bond donors (Lipinski definition) is 1. The zero-order valence-corrected chi connectivity index (χ0v) is 13.5. The van der Waals surface area contributed by atoms with Crippen LogP contribution in [0.4, 0.5) is 11.4 Å². The molecule has 1 aliphatic heterocycles. The molecule has 1 N–H and O–H groups in total. The van der Waals surface area contributed by atoms with Crippen LogP contribution in [0.25, 0.3) is 0 Å². The highest BCUT2D eigenvalue weighted by atomic mass is 32.2. The lowest BCUT2D eigenvalue weighted by Crippen LogP contribution is -2.23. The van der Waals surface area contributed by atoms with Crippen LogP contribution in [0.2, 0.25) is 0 Å². The number of anilines is 2. The van der Waals surface area contributed by atoms with Crippen molar-refractivity contribution in [1.82, 2.24) is 0 Å². The molecule has 1 saturated carbocycles. The quantitative estimate of drug-likeness (QED) is 0.905. The van der Waals surface area contributed by atoms with E-state index in [1.165, 1.54) is 25.7 Å². The molecule has 1 heterocycles. The molecule has 1 aromatic rings. The second kappa shape index (κ2) is 7.18. The maximum atomic E-state index is 12.0. The van der Waals surface area contributed by atoms with Crippen LogP contribution in [0.1, 0.15) is 38.5 Å². The molecule has 0 aromatic heterocycles. The molecular formula is C17H22N2O2S. The third kappa shape index (κ3) is 3.83. The van der Waals surface area contributed by atoms with Gasteiger partial charge >= 0.3 is 0 Å². The topological polar surface area (TPSA) is 49.4 Å². The zero-order chi connectivity index (χ0) is 15.4. The van der Waals surface area contributed by atoms with E-state index in [4.69, 9.17) is 0 Å². The molecule has 118 valence electrons. The first-order chi connectivity index (χ1) is 10.7. The lowest BCUT2D eigenvalue weighted by atomic mass is 10.2. The van der Waals surface area contributed by atoms with Gasteiger partial charge in [0.2, 0.25) is 11.8 Å². The van der Waals surface area contributed by atoms with Crippen LogP contribution in [0.5, 0.6) is 0 Å². The molecule has 4 nitrogen and oxygen atoms in total. The van der Waals surface area contributed by atoms with Crippen molar-refractivity contribution in [2.45, 2.75) is 43.8 Å². The summed E-state index contributed by atoms with van der Waals surface area (Å²) in [7, 11) is 0. The van der Waals surface area contributed by atoms with Gasteiger partial charge in [0.05, 0.1) is 5.75 Å². The molecule has 1 saturated heterocycles. The minimum atomic E-state index is 0.0573. The zero-order valence-electron chi connectivity index (χ0n) is 12.7. The van der Waals surface area contributed by atoms with Crippen LogP contribution < -0.4 is 10.2 Å². The van der Waals surface area contributed by atoms with E-state index in [9.17, 15) is 9.59 Å². The summed E-state index contributed by atoms with van der Waals surface area (Å²) in [6.45, 7) is 0.794. The first-order valence-electron chi connectivity index (χ1n) is 8.04. The molecule has 0 radical (unpaired) electrons. The van der Waals surface area contributed by atoms with E-state index < -0.39 is 0 Å². The van der Waals surface area contributed by atoms with Crippen LogP contribution in [0.15, 0.2) is 24.3 Å². The number of benzene rings is 1. The SMILES string of the molecule is O=C(CSC1CCCC1)Nc1ccc(N2CCCC2=O)cc1. The molecule has 0 spiro atoms. The molecule has 2 aliphatic rings. The van der Waals surface area contributed by atoms with Crippen molar-refractivity contribution in [3.05, 3.63) is 24.3 Å². The van der Waals surface area contributed by atoms with Crippen molar-refractivity contribution < 1.29 is 9.59 Å². The van der Waals surface area contributed by atoms with Gasteiger partial charge < -0.3 is 10.2 Å². The van der Waals surface area contributed by atoms with E-state index >= 15 is 0 Å². The van der Waals surface area contributed by atoms with Gasteiger partial charge in [-0.1, -0.05) is 12.8 Å². The van der Waals surface area contributed by atoms with Crippen LogP contribution in [-0.4, -0.2) is 29.4 Å². The normalized spacial score (nSPS) is 18.9. The van der Waals surface area contributed by atoms with Crippen molar-refractivity contribution >= 4 is 35.0 Å². The number of hydrogen-bond acceptors (Lipinski definition) is 3. The largest absolute Gasteiger partial charge is 0.325 e. The Morgan fingerprint density at radius 3 is 2.55 bits per heavy atom. The average molecular weight is 318 g/mol. The first kappa shape index (κ1) is 15.4. The summed E-state index contributed by atoms with van der Waals surface area (Å²) in [4.78, 5) is 25.5. The summed E-state index contributed by atoms with van der Waals surface area (Å²) < 4.78 is 0. The van der Waals surface area contributed by atoms with E-state index in [0.29, 0.717) is 17.4 Å². The molecule has 0 unspecified atom stereocenters. The average Bonchev–Trinajstić information content (AvgIpc) is 3.17. The maximum absolute atomic E-state index is 12.0. The fourth-order valence-corrected chi connectivity index (χ4v) is 4.22. The number of nitrogens with one attached hydrogen (secondary N) is 1. The number of amides is 2. The summed E-state index contributed by atoms with van der Waals surface area (Å²) in [5.41, 5.74) is 1.72. The summed E-state index contributed by atoms with van der Waals surface area (Å²) in [5, 5.41) is 3.59. The van der Waals surface area contributed by atoms with Crippen LogP contribution in [0, 0.1) is 0 Å². The fraction of sp³-hybridized carbons (Fsp3) is 0.529. The fourth-order valence-electron chi connectivity index (χ4n) is 3.09. The maximum Gasteiger partial charge on any atom is 0.234 e. The van der Waals surface area contributed by atoms with Crippen LogP contribution in [0.3, 0.4) is 0 Å². The number of nitrogens with zero attached hydrogens (tertiary/aromatic N) is 1. The van der Waals surface area contributed by atoms with Gasteiger partial charge in [0.15, 0.2) is 0 Å². The summed E-state index contributed by atoms with van der Waals surface area (Å²) >= 11 is 1.77. The first-order valence-corrected chi connectivity index (χ1v) is 9.09. The van der Waals surface area contributed by atoms with Gasteiger partial charge in [-0.05, 0) is 43.5 Å². The van der Waals surface area contributed by atoms with E-state index in [2.05, 4.69) is 5.32 Å². The number of carbonyl (C=O) groups is 2. The Morgan fingerprint density at radius 2 is 1.91 bits per heavy atom. The summed E-state index contributed by atoms with van der Waals surface area (Å²) in [6.07, 6.45) is 6.66. The van der Waals surface area contributed by atoms with Gasteiger partial charge in [-0.2, -0.15) is 0 Å². The molecule has 2 amide bonds. The predicted octanol–water partition coefficient (Wildman–Crippen LogP) is 3.43. The minimum Gasteiger partial charge on any atom is -0.325 e. The van der Waals surface area contributed by atoms with Gasteiger partial charge in [0.25, 0.3) is 0 Å². The molecule has 1 aliphatic carbocycles. The Balaban J connectivity index is 1.49. The molecule has 0 atom stereocenters. The van der Waals surface area contributed by atoms with Gasteiger partial charge in [-0.25, -0.2) is 0 Å². The Labute approximate surface area is 135 Å².